The van der Waals surface area contributed by atoms with Gasteiger partial charge in [0.05, 0.1) is 6.61 Å². The molecule has 1 aliphatic rings. The zero-order chi connectivity index (χ0) is 9.14. The number of halogens is 1. The molecule has 0 N–H and O–H groups in total. The van der Waals surface area contributed by atoms with Gasteiger partial charge in [-0.05, 0) is 13.3 Å². The quantitative estimate of drug-likeness (QED) is 0.537. The van der Waals surface area contributed by atoms with Crippen molar-refractivity contribution < 1.29 is 14.3 Å². The molecule has 0 aromatic heterocycles. The van der Waals surface area contributed by atoms with Crippen LogP contribution in [0.2, 0.25) is 0 Å². The molecule has 66 valence electrons. The van der Waals surface area contributed by atoms with E-state index in [0.29, 0.717) is 23.9 Å². The number of carbonyl (C=O) groups is 2. The minimum atomic E-state index is -0.508. The summed E-state index contributed by atoms with van der Waals surface area (Å²) < 4.78 is 5.39. The van der Waals surface area contributed by atoms with Crippen LogP contribution in [0, 0.1) is 0 Å². The van der Waals surface area contributed by atoms with Crippen LogP contribution in [0.25, 0.3) is 0 Å². The van der Waals surface area contributed by atoms with E-state index in [2.05, 4.69) is 15.9 Å². The van der Waals surface area contributed by atoms with Crippen LogP contribution < -0.4 is 0 Å². The number of hydrogen-bond donors (Lipinski definition) is 0. The summed E-state index contributed by atoms with van der Waals surface area (Å²) >= 11 is 3.17. The number of Topliss-reactive ketones (excluding diaryl/α,β-unsaturated/α-hetero) is 1. The summed E-state index contributed by atoms with van der Waals surface area (Å²) in [5.41, 5.74) is 0.192. The predicted octanol–water partition coefficient (Wildman–Crippen LogP) is 1.56. The molecular formula is C8H9BrO3. The Morgan fingerprint density at radius 3 is 2.67 bits per heavy atom. The second kappa shape index (κ2) is 3.85. The Labute approximate surface area is 78.9 Å². The molecule has 0 saturated carbocycles. The molecule has 4 heteroatoms. The van der Waals surface area contributed by atoms with E-state index in [1.54, 1.807) is 6.92 Å². The lowest BCUT2D eigenvalue weighted by Crippen LogP contribution is -2.12. The molecule has 0 atom stereocenters. The maximum absolute atomic E-state index is 11.1. The molecule has 0 saturated heterocycles. The van der Waals surface area contributed by atoms with Gasteiger partial charge in [0, 0.05) is 10.9 Å². The average Bonchev–Trinajstić information content (AvgIpc) is 2.32. The highest BCUT2D eigenvalue weighted by Crippen LogP contribution is 2.28. The Kier molecular flexibility index (Phi) is 3.03. The van der Waals surface area contributed by atoms with E-state index < -0.39 is 5.97 Å². The van der Waals surface area contributed by atoms with Crippen LogP contribution in [0.5, 0.6) is 0 Å². The Bertz CT molecular complexity index is 255. The first kappa shape index (κ1) is 9.45. The molecule has 1 rings (SSSR count). The summed E-state index contributed by atoms with van der Waals surface area (Å²) in [4.78, 5) is 22.2. The largest absolute Gasteiger partial charge is 0.462 e. The maximum Gasteiger partial charge on any atom is 0.342 e. The summed E-state index contributed by atoms with van der Waals surface area (Å²) in [6.07, 6.45) is 1.03. The van der Waals surface area contributed by atoms with Crippen molar-refractivity contribution in [1.29, 1.82) is 0 Å². The number of carbonyl (C=O) groups excluding carboxylic acids is 2. The third-order valence-electron chi connectivity index (χ3n) is 1.60. The van der Waals surface area contributed by atoms with Crippen LogP contribution in [0.4, 0.5) is 0 Å². The van der Waals surface area contributed by atoms with Crippen molar-refractivity contribution in [3.63, 3.8) is 0 Å². The Morgan fingerprint density at radius 2 is 2.25 bits per heavy atom. The predicted molar refractivity (Wildman–Crippen MR) is 46.8 cm³/mol. The van der Waals surface area contributed by atoms with Gasteiger partial charge in [-0.25, -0.2) is 4.79 Å². The molecule has 0 amide bonds. The topological polar surface area (TPSA) is 43.4 Å². The van der Waals surface area contributed by atoms with E-state index in [4.69, 9.17) is 4.74 Å². The molecular weight excluding hydrogens is 224 g/mol. The van der Waals surface area contributed by atoms with Crippen molar-refractivity contribution in [2.45, 2.75) is 19.8 Å². The lowest BCUT2D eigenvalue weighted by Gasteiger charge is -2.00. The average molecular weight is 233 g/mol. The minimum Gasteiger partial charge on any atom is -0.462 e. The summed E-state index contributed by atoms with van der Waals surface area (Å²) in [7, 11) is 0. The van der Waals surface area contributed by atoms with Gasteiger partial charge in [0.1, 0.15) is 5.57 Å². The van der Waals surface area contributed by atoms with Gasteiger partial charge in [-0.3, -0.25) is 4.79 Å². The fraction of sp³-hybridized carbons (Fsp3) is 0.500. The van der Waals surface area contributed by atoms with Crippen molar-refractivity contribution >= 4 is 27.7 Å². The van der Waals surface area contributed by atoms with E-state index in [9.17, 15) is 9.59 Å². The second-order valence-corrected chi connectivity index (χ2v) is 3.38. The zero-order valence-electron chi connectivity index (χ0n) is 6.72. The number of rotatable bonds is 2. The Balaban J connectivity index is 2.79. The Morgan fingerprint density at radius 1 is 1.58 bits per heavy atom. The van der Waals surface area contributed by atoms with Gasteiger partial charge in [0.15, 0.2) is 5.78 Å². The van der Waals surface area contributed by atoms with Crippen molar-refractivity contribution in [2.75, 3.05) is 6.61 Å². The minimum absolute atomic E-state index is 0.125. The van der Waals surface area contributed by atoms with E-state index in [0.717, 1.165) is 0 Å². The summed E-state index contributed by atoms with van der Waals surface area (Å²) in [6, 6.07) is 0. The number of ketones is 1. The number of hydrogen-bond acceptors (Lipinski definition) is 3. The molecule has 0 aromatic carbocycles. The molecule has 3 nitrogen and oxygen atoms in total. The highest BCUT2D eigenvalue weighted by Gasteiger charge is 2.28. The van der Waals surface area contributed by atoms with Crippen molar-refractivity contribution in [1.82, 2.24) is 0 Å². The molecule has 12 heavy (non-hydrogen) atoms. The van der Waals surface area contributed by atoms with Crippen LogP contribution in [-0.2, 0) is 14.3 Å². The fourth-order valence-electron chi connectivity index (χ4n) is 1.05. The highest BCUT2D eigenvalue weighted by molar-refractivity contribution is 9.11. The summed E-state index contributed by atoms with van der Waals surface area (Å²) in [5.74, 6) is -0.632. The molecule has 0 fully saturated rings. The molecule has 0 spiro atoms. The number of esters is 1. The first-order chi connectivity index (χ1) is 5.66. The standard InChI is InChI=1S/C8H9BrO3/c1-2-12-8(11)7-5(9)3-4-6(7)10/h2-4H2,1H3. The van der Waals surface area contributed by atoms with Crippen molar-refractivity contribution in [3.05, 3.63) is 10.1 Å². The maximum atomic E-state index is 11.1. The highest BCUT2D eigenvalue weighted by atomic mass is 79.9. The second-order valence-electron chi connectivity index (χ2n) is 2.42. The SMILES string of the molecule is CCOC(=O)C1=C(Br)CCC1=O. The molecule has 1 aliphatic carbocycles. The van der Waals surface area contributed by atoms with Gasteiger partial charge in [-0.1, -0.05) is 15.9 Å². The first-order valence-electron chi connectivity index (χ1n) is 3.75. The van der Waals surface area contributed by atoms with Crippen LogP contribution in [0.1, 0.15) is 19.8 Å². The molecule has 0 bridgehead atoms. The van der Waals surface area contributed by atoms with Gasteiger partial charge in [-0.15, -0.1) is 0 Å². The van der Waals surface area contributed by atoms with E-state index in [1.165, 1.54) is 0 Å². The Hall–Kier alpha value is -0.640. The lowest BCUT2D eigenvalue weighted by atomic mass is 10.2. The van der Waals surface area contributed by atoms with E-state index >= 15 is 0 Å². The van der Waals surface area contributed by atoms with E-state index in [1.807, 2.05) is 0 Å². The van der Waals surface area contributed by atoms with Gasteiger partial charge >= 0.3 is 5.97 Å². The lowest BCUT2D eigenvalue weighted by molar-refractivity contribution is -0.139. The number of allylic oxidation sites excluding steroid dienone is 1. The summed E-state index contributed by atoms with van der Waals surface area (Å²) in [5, 5.41) is 0. The third-order valence-corrected chi connectivity index (χ3v) is 2.39. The monoisotopic (exact) mass is 232 g/mol. The van der Waals surface area contributed by atoms with Crippen LogP contribution in [0.3, 0.4) is 0 Å². The number of ether oxygens (including phenoxy) is 1. The molecule has 0 aliphatic heterocycles. The van der Waals surface area contributed by atoms with Crippen LogP contribution in [0.15, 0.2) is 10.1 Å². The van der Waals surface area contributed by atoms with Crippen LogP contribution >= 0.6 is 15.9 Å². The van der Waals surface area contributed by atoms with E-state index in [-0.39, 0.29) is 11.4 Å². The van der Waals surface area contributed by atoms with Crippen molar-refractivity contribution in [3.8, 4) is 0 Å². The van der Waals surface area contributed by atoms with Gasteiger partial charge in [0.25, 0.3) is 0 Å². The zero-order valence-corrected chi connectivity index (χ0v) is 8.31. The molecule has 0 heterocycles. The molecule has 0 aromatic rings. The smallest absolute Gasteiger partial charge is 0.342 e. The fourth-order valence-corrected chi connectivity index (χ4v) is 1.63. The van der Waals surface area contributed by atoms with Gasteiger partial charge in [-0.2, -0.15) is 0 Å². The van der Waals surface area contributed by atoms with Crippen LogP contribution in [-0.4, -0.2) is 18.4 Å². The summed E-state index contributed by atoms with van der Waals surface area (Å²) in [6.45, 7) is 2.02. The third kappa shape index (κ3) is 1.75. The molecule has 0 radical (unpaired) electrons. The normalized spacial score (nSPS) is 17.0. The van der Waals surface area contributed by atoms with Gasteiger partial charge < -0.3 is 4.74 Å². The first-order valence-corrected chi connectivity index (χ1v) is 4.55. The van der Waals surface area contributed by atoms with Crippen molar-refractivity contribution in [2.24, 2.45) is 0 Å². The molecule has 0 unspecified atom stereocenters. The van der Waals surface area contributed by atoms with Gasteiger partial charge in [0.2, 0.25) is 0 Å².